The van der Waals surface area contributed by atoms with Crippen molar-refractivity contribution in [2.45, 2.75) is 60.0 Å². The monoisotopic (exact) mass is 1380 g/mol. The SMILES string of the molecule is CCN=C=NCCCN(C)C.CCOc1nnc(-c2cc(N)cnc2C)cc1N1CCOCC1.CCOc1nnc(-c2cc(NC(=O)c3ccc(CO)c(C(F)(F)F)c3)cnc2C)cc1N1CCOCC1.Cl.O=Cc1ccc(C(=O)O)cc1C(F)(F)F.On1nnc2cccnc21. The number of nitrogens with zero attached hydrogens (tertiary/aromatic N) is 15. The van der Waals surface area contributed by atoms with Gasteiger partial charge in [0.1, 0.15) is 16.9 Å². The predicted molar refractivity (Wildman–Crippen MR) is 350 cm³/mol. The van der Waals surface area contributed by atoms with E-state index in [0.29, 0.717) is 109 Å². The summed E-state index contributed by atoms with van der Waals surface area (Å²) >= 11 is 0. The Morgan fingerprint density at radius 2 is 1.30 bits per heavy atom. The maximum atomic E-state index is 13.3. The van der Waals surface area contributed by atoms with Gasteiger partial charge in [-0.3, -0.25) is 19.6 Å². The fourth-order valence-corrected chi connectivity index (χ4v) is 8.97. The van der Waals surface area contributed by atoms with Crippen LogP contribution in [0.15, 0.2) is 101 Å². The average Bonchev–Trinajstić information content (AvgIpc) is 1.44. The minimum Gasteiger partial charge on any atom is -0.478 e. The maximum absolute atomic E-state index is 13.3. The van der Waals surface area contributed by atoms with Crippen LogP contribution in [0, 0.1) is 13.8 Å². The van der Waals surface area contributed by atoms with Crippen LogP contribution in [0.25, 0.3) is 33.7 Å². The Balaban J connectivity index is 0.000000241. The van der Waals surface area contributed by atoms with Gasteiger partial charge in [0.2, 0.25) is 5.65 Å². The minimum atomic E-state index is -4.73. The molecule has 0 saturated carbocycles. The van der Waals surface area contributed by atoms with Crippen molar-refractivity contribution in [1.29, 1.82) is 0 Å². The number of aliphatic hydroxyl groups excluding tert-OH is 1. The van der Waals surface area contributed by atoms with E-state index in [4.69, 9.17) is 35.0 Å². The summed E-state index contributed by atoms with van der Waals surface area (Å²) in [6.07, 6.45) is -3.71. The van der Waals surface area contributed by atoms with Gasteiger partial charge in [0.05, 0.1) is 111 Å². The van der Waals surface area contributed by atoms with Crippen molar-refractivity contribution in [2.24, 2.45) is 9.98 Å². The molecule has 2 fully saturated rings. The van der Waals surface area contributed by atoms with E-state index in [1.807, 2.05) is 45.9 Å². The Morgan fingerprint density at radius 1 is 0.742 bits per heavy atom. The molecule has 34 heteroatoms. The van der Waals surface area contributed by atoms with Crippen molar-refractivity contribution in [3.8, 4) is 34.3 Å². The number of aldehydes is 1. The normalized spacial score (nSPS) is 12.7. The Kier molecular flexibility index (Phi) is 30.3. The fraction of sp³-hybridized carbons (Fsp3) is 0.381. The molecule has 2 aliphatic heterocycles. The number of carboxylic acid groups (broad SMARTS) is 1. The van der Waals surface area contributed by atoms with Crippen molar-refractivity contribution in [1.82, 2.24) is 55.4 Å². The first-order valence-electron chi connectivity index (χ1n) is 29.9. The minimum absolute atomic E-state index is 0. The highest BCUT2D eigenvalue weighted by molar-refractivity contribution is 6.04. The molecular weight excluding hydrogens is 1300 g/mol. The molecule has 0 radical (unpaired) electrons. The van der Waals surface area contributed by atoms with E-state index in [-0.39, 0.29) is 35.5 Å². The highest BCUT2D eigenvalue weighted by atomic mass is 35.5. The number of aromatic carboxylic acids is 1. The number of halogens is 7. The number of nitrogens with two attached hydrogens (primary N) is 1. The summed E-state index contributed by atoms with van der Waals surface area (Å²) in [5.74, 6) is -1.28. The lowest BCUT2D eigenvalue weighted by atomic mass is 10.0. The number of morpholine rings is 2. The number of anilines is 4. The van der Waals surface area contributed by atoms with E-state index in [9.17, 15) is 45.8 Å². The number of ether oxygens (including phenoxy) is 4. The van der Waals surface area contributed by atoms with Crippen LogP contribution >= 0.6 is 12.4 Å². The molecule has 8 aromatic rings. The lowest BCUT2D eigenvalue weighted by molar-refractivity contribution is -0.139. The Morgan fingerprint density at radius 3 is 1.81 bits per heavy atom. The van der Waals surface area contributed by atoms with Gasteiger partial charge in [-0.2, -0.15) is 26.3 Å². The molecule has 0 unspecified atom stereocenters. The van der Waals surface area contributed by atoms with Crippen LogP contribution in [0.2, 0.25) is 0 Å². The standard InChI is InChI=1S/C25H26F3N5O4.C16H21N5O2.C9H5F3O3.C8H17N3.C5H4N4O.ClH/c1-3-37-24-22(33-6-8-36-9-7-33)12-21(31-32-24)19-11-18(13-29-15(19)2)30-23(35)16-4-5-17(14-34)20(10-16)25(26,27)28;1-3-23-16-15(21-4-6-22-7-5-21)9-14(19-20-16)13-8-12(17)10-18-11(13)2;10-9(11,12)7-3-5(8(14)15)1-2-6(7)4-13;1-4-9-8-10-6-5-7-11(2)3;10-9-5-4(7-8-9)2-1-3-6-5;/h4-5,10-13,34H,3,6-9,14H2,1-2H3,(H,30,35);8-10H,3-7,17H2,1-2H3;1-4H,(H,14,15);4-7H2,1-3H3;1-3,10H;1H. The summed E-state index contributed by atoms with van der Waals surface area (Å²) < 4.78 is 99.2. The molecule has 27 nitrogen and oxygen atoms in total. The molecule has 2 aromatic carbocycles. The zero-order valence-corrected chi connectivity index (χ0v) is 54.8. The number of hydrogen-bond donors (Lipinski definition) is 5. The average molecular weight is 1380 g/mol. The van der Waals surface area contributed by atoms with Crippen LogP contribution in [-0.4, -0.2) is 195 Å². The number of amides is 1. The van der Waals surface area contributed by atoms with Gasteiger partial charge in [0, 0.05) is 72.6 Å². The summed E-state index contributed by atoms with van der Waals surface area (Å²) in [5.41, 5.74) is 9.69. The number of aromatic nitrogens is 10. The van der Waals surface area contributed by atoms with Crippen LogP contribution in [0.3, 0.4) is 0 Å². The molecule has 2 saturated heterocycles. The molecule has 1 amide bonds. The second-order valence-corrected chi connectivity index (χ2v) is 20.8. The summed E-state index contributed by atoms with van der Waals surface area (Å²) in [7, 11) is 4.12. The number of rotatable bonds is 18. The van der Waals surface area contributed by atoms with Gasteiger partial charge in [-0.05, 0) is 133 Å². The number of carbonyl (C=O) groups excluding carboxylic acids is 2. The number of benzene rings is 2. The lowest BCUT2D eigenvalue weighted by Gasteiger charge is -2.29. The Labute approximate surface area is 559 Å². The Bertz CT molecular complexity index is 3940. The zero-order valence-electron chi connectivity index (χ0n) is 54.0. The van der Waals surface area contributed by atoms with Crippen molar-refractivity contribution in [2.75, 3.05) is 120 Å². The molecule has 0 bridgehead atoms. The van der Waals surface area contributed by atoms with Crippen molar-refractivity contribution in [3.63, 3.8) is 0 Å². The maximum Gasteiger partial charge on any atom is 0.417 e. The second-order valence-electron chi connectivity index (χ2n) is 20.8. The summed E-state index contributed by atoms with van der Waals surface area (Å²) in [4.78, 5) is 60.9. The number of carbonyl (C=O) groups is 3. The number of nitrogens with one attached hydrogen (secondary N) is 1. The number of aliphatic imine (C=N–C) groups is 2. The van der Waals surface area contributed by atoms with Crippen molar-refractivity contribution < 1.29 is 75.1 Å². The number of hydrogen-bond acceptors (Lipinski definition) is 24. The van der Waals surface area contributed by atoms with Crippen LogP contribution in [0.4, 0.5) is 49.1 Å². The van der Waals surface area contributed by atoms with E-state index in [2.05, 4.69) is 95.8 Å². The second kappa shape index (κ2) is 37.9. The number of fused-ring (bicyclic) bond motifs is 1. The molecule has 0 spiro atoms. The van der Waals surface area contributed by atoms with Crippen molar-refractivity contribution >= 4 is 70.5 Å². The molecule has 0 aliphatic carbocycles. The first-order chi connectivity index (χ1) is 45.9. The highest BCUT2D eigenvalue weighted by Gasteiger charge is 2.35. The van der Waals surface area contributed by atoms with Gasteiger partial charge in [0.25, 0.3) is 17.7 Å². The molecule has 6 N–H and O–H groups in total. The van der Waals surface area contributed by atoms with E-state index >= 15 is 0 Å². The van der Waals surface area contributed by atoms with Gasteiger partial charge >= 0.3 is 18.3 Å². The Hall–Kier alpha value is -10.1. The van der Waals surface area contributed by atoms with Crippen LogP contribution in [-0.2, 0) is 28.4 Å². The summed E-state index contributed by atoms with van der Waals surface area (Å²) in [5, 5.41) is 53.3. The van der Waals surface area contributed by atoms with Gasteiger partial charge in [-0.25, -0.2) is 19.8 Å². The van der Waals surface area contributed by atoms with Crippen LogP contribution < -0.4 is 30.3 Å². The number of aryl methyl sites for hydroxylation is 2. The number of carboxylic acids is 1. The van der Waals surface area contributed by atoms with Gasteiger partial charge in [-0.1, -0.05) is 17.0 Å². The molecule has 520 valence electrons. The van der Waals surface area contributed by atoms with Gasteiger partial charge < -0.3 is 60.1 Å². The highest BCUT2D eigenvalue weighted by Crippen LogP contribution is 2.36. The van der Waals surface area contributed by atoms with E-state index < -0.39 is 53.1 Å². The zero-order chi connectivity index (χ0) is 70.0. The molecule has 10 rings (SSSR count). The number of aliphatic hydroxyl groups is 1. The number of alkyl halides is 6. The van der Waals surface area contributed by atoms with E-state index in [0.717, 1.165) is 91.7 Å². The number of nitrogen functional groups attached to an aromatic ring is 1. The number of pyridine rings is 3. The van der Waals surface area contributed by atoms with Crippen LogP contribution in [0.5, 0.6) is 11.8 Å². The van der Waals surface area contributed by atoms with Gasteiger partial charge in [-0.15, -0.1) is 37.9 Å². The first kappa shape index (κ1) is 77.7. The molecule has 0 atom stereocenters. The molecule has 2 aliphatic rings. The van der Waals surface area contributed by atoms with Gasteiger partial charge in [0.15, 0.2) is 6.29 Å². The lowest BCUT2D eigenvalue weighted by Crippen LogP contribution is -2.36. The predicted octanol–water partition coefficient (Wildman–Crippen LogP) is 9.34. The topological polar surface area (TPSA) is 342 Å². The molecule has 97 heavy (non-hydrogen) atoms. The third-order valence-electron chi connectivity index (χ3n) is 13.7. The third-order valence-corrected chi connectivity index (χ3v) is 13.7. The fourth-order valence-electron chi connectivity index (χ4n) is 8.97. The van der Waals surface area contributed by atoms with Crippen LogP contribution in [0.1, 0.15) is 86.3 Å². The smallest absolute Gasteiger partial charge is 0.417 e. The summed E-state index contributed by atoms with van der Waals surface area (Å²) in [6.45, 7) is 17.8. The largest absolute Gasteiger partial charge is 0.478 e. The third kappa shape index (κ3) is 23.1. The molecular formula is C63H74ClF6N17O10. The molecule has 6 aromatic heterocycles. The summed E-state index contributed by atoms with van der Waals surface area (Å²) in [6, 6.07) is 18.7. The molecule has 8 heterocycles. The van der Waals surface area contributed by atoms with Crippen molar-refractivity contribution in [3.05, 3.63) is 136 Å². The quantitative estimate of drug-likeness (QED) is 0.0175. The first-order valence-corrected chi connectivity index (χ1v) is 29.9. The van der Waals surface area contributed by atoms with E-state index in [1.54, 1.807) is 37.5 Å². The van der Waals surface area contributed by atoms with E-state index in [1.165, 1.54) is 12.3 Å².